The molecule has 0 spiro atoms. The number of nitrogens with one attached hydrogen (secondary N) is 1. The summed E-state index contributed by atoms with van der Waals surface area (Å²) in [6, 6.07) is 14.7. The highest BCUT2D eigenvalue weighted by molar-refractivity contribution is 5.92. The molecule has 0 saturated heterocycles. The third kappa shape index (κ3) is 5.32. The summed E-state index contributed by atoms with van der Waals surface area (Å²) < 4.78 is 0. The maximum atomic E-state index is 12.2. The molecule has 0 aromatic heterocycles. The van der Waals surface area contributed by atoms with Crippen LogP contribution in [0.2, 0.25) is 0 Å². The molecule has 132 valence electrons. The molecule has 0 aliphatic carbocycles. The zero-order valence-electron chi connectivity index (χ0n) is 16.2. The maximum Gasteiger partial charge on any atom is 0.244 e. The Morgan fingerprint density at radius 2 is 1.68 bits per heavy atom. The van der Waals surface area contributed by atoms with E-state index in [1.807, 2.05) is 13.0 Å². The minimum Gasteiger partial charge on any atom is -0.346 e. The molecule has 0 fully saturated rings. The van der Waals surface area contributed by atoms with E-state index in [4.69, 9.17) is 0 Å². The predicted molar refractivity (Wildman–Crippen MR) is 107 cm³/mol. The average molecular weight is 335 g/mol. The van der Waals surface area contributed by atoms with E-state index in [-0.39, 0.29) is 17.4 Å². The number of carbonyl (C=O) groups excluding carboxylic acids is 1. The number of carbonyl (C=O) groups is 1. The summed E-state index contributed by atoms with van der Waals surface area (Å²) in [7, 11) is 0. The number of hydrogen-bond acceptors (Lipinski definition) is 1. The molecule has 0 aliphatic heterocycles. The Hall–Kier alpha value is -2.35. The van der Waals surface area contributed by atoms with Crippen molar-refractivity contribution in [2.24, 2.45) is 0 Å². The van der Waals surface area contributed by atoms with E-state index in [0.29, 0.717) is 0 Å². The summed E-state index contributed by atoms with van der Waals surface area (Å²) in [4.78, 5) is 12.2. The lowest BCUT2D eigenvalue weighted by Gasteiger charge is -2.18. The molecule has 1 amide bonds. The van der Waals surface area contributed by atoms with Gasteiger partial charge in [-0.25, -0.2) is 0 Å². The zero-order chi connectivity index (χ0) is 18.6. The molecule has 2 rings (SSSR count). The maximum absolute atomic E-state index is 12.2. The first-order chi connectivity index (χ1) is 11.7. The van der Waals surface area contributed by atoms with Crippen LogP contribution < -0.4 is 5.32 Å². The summed E-state index contributed by atoms with van der Waals surface area (Å²) in [5.41, 5.74) is 6.02. The molecule has 0 radical (unpaired) electrons. The number of rotatable bonds is 4. The van der Waals surface area contributed by atoms with Crippen LogP contribution in [0.5, 0.6) is 0 Å². The molecule has 25 heavy (non-hydrogen) atoms. The SMILES string of the molecule is Cc1ccc(C)c([C@H](C)NC(=O)/C=C/c2ccc(C(C)(C)C)cc2)c1. The number of benzene rings is 2. The van der Waals surface area contributed by atoms with Crippen molar-refractivity contribution >= 4 is 12.0 Å². The summed E-state index contributed by atoms with van der Waals surface area (Å²) in [6.07, 6.45) is 3.46. The van der Waals surface area contributed by atoms with Crippen LogP contribution in [0.1, 0.15) is 61.6 Å². The topological polar surface area (TPSA) is 29.1 Å². The normalized spacial score (nSPS) is 13.0. The lowest BCUT2D eigenvalue weighted by molar-refractivity contribution is -0.117. The standard InChI is InChI=1S/C23H29NO/c1-16-7-8-17(2)21(15-16)18(3)24-22(25)14-11-19-9-12-20(13-10-19)23(4,5)6/h7-15,18H,1-6H3,(H,24,25)/b14-11+/t18-/m0/s1. The van der Waals surface area contributed by atoms with E-state index in [1.165, 1.54) is 16.7 Å². The third-order valence-electron chi connectivity index (χ3n) is 4.46. The average Bonchev–Trinajstić information content (AvgIpc) is 2.54. The Morgan fingerprint density at radius 3 is 2.28 bits per heavy atom. The van der Waals surface area contributed by atoms with Gasteiger partial charge >= 0.3 is 0 Å². The van der Waals surface area contributed by atoms with Crippen LogP contribution in [0, 0.1) is 13.8 Å². The lowest BCUT2D eigenvalue weighted by Crippen LogP contribution is -2.25. The van der Waals surface area contributed by atoms with Crippen molar-refractivity contribution in [3.63, 3.8) is 0 Å². The van der Waals surface area contributed by atoms with Crippen LogP contribution in [0.4, 0.5) is 0 Å². The van der Waals surface area contributed by atoms with Gasteiger partial charge in [0.1, 0.15) is 0 Å². The Bertz CT molecular complexity index is 764. The third-order valence-corrected chi connectivity index (χ3v) is 4.46. The molecule has 0 heterocycles. The van der Waals surface area contributed by atoms with Gasteiger partial charge in [0.05, 0.1) is 6.04 Å². The van der Waals surface area contributed by atoms with Gasteiger partial charge in [-0.05, 0) is 54.5 Å². The van der Waals surface area contributed by atoms with Gasteiger partial charge in [0.25, 0.3) is 0 Å². The van der Waals surface area contributed by atoms with Crippen LogP contribution in [-0.4, -0.2) is 5.91 Å². The summed E-state index contributed by atoms with van der Waals surface area (Å²) >= 11 is 0. The van der Waals surface area contributed by atoms with Crippen molar-refractivity contribution in [2.45, 2.75) is 53.0 Å². The Morgan fingerprint density at radius 1 is 1.04 bits per heavy atom. The molecule has 1 atom stereocenters. The Balaban J connectivity index is 2.02. The molecule has 2 aromatic carbocycles. The van der Waals surface area contributed by atoms with Crippen molar-refractivity contribution in [1.82, 2.24) is 5.32 Å². The minimum absolute atomic E-state index is 0.0136. The van der Waals surface area contributed by atoms with E-state index < -0.39 is 0 Å². The quantitative estimate of drug-likeness (QED) is 0.735. The van der Waals surface area contributed by atoms with Crippen molar-refractivity contribution in [1.29, 1.82) is 0 Å². The highest BCUT2D eigenvalue weighted by atomic mass is 16.1. The first-order valence-corrected chi connectivity index (χ1v) is 8.83. The van der Waals surface area contributed by atoms with Gasteiger partial charge in [-0.1, -0.05) is 68.8 Å². The molecule has 2 heteroatoms. The van der Waals surface area contributed by atoms with E-state index in [9.17, 15) is 4.79 Å². The number of amides is 1. The minimum atomic E-state index is -0.0756. The molecular formula is C23H29NO. The highest BCUT2D eigenvalue weighted by Crippen LogP contribution is 2.22. The van der Waals surface area contributed by atoms with E-state index in [0.717, 1.165) is 11.1 Å². The molecule has 2 aromatic rings. The number of hydrogen-bond donors (Lipinski definition) is 1. The summed E-state index contributed by atoms with van der Waals surface area (Å²) in [5, 5.41) is 3.04. The molecular weight excluding hydrogens is 306 g/mol. The second-order valence-electron chi connectivity index (χ2n) is 7.80. The van der Waals surface area contributed by atoms with Gasteiger partial charge < -0.3 is 5.32 Å². The van der Waals surface area contributed by atoms with Crippen molar-refractivity contribution < 1.29 is 4.79 Å². The summed E-state index contributed by atoms with van der Waals surface area (Å²) in [5.74, 6) is -0.0756. The Labute approximate surface area is 152 Å². The van der Waals surface area contributed by atoms with Gasteiger partial charge in [-0.15, -0.1) is 0 Å². The van der Waals surface area contributed by atoms with Gasteiger partial charge in [0.2, 0.25) is 5.91 Å². The van der Waals surface area contributed by atoms with Crippen LogP contribution in [-0.2, 0) is 10.2 Å². The largest absolute Gasteiger partial charge is 0.346 e. The Kier molecular flexibility index (Phi) is 5.84. The fraction of sp³-hybridized carbons (Fsp3) is 0.348. The van der Waals surface area contributed by atoms with Crippen molar-refractivity contribution in [2.75, 3.05) is 0 Å². The van der Waals surface area contributed by atoms with Crippen molar-refractivity contribution in [3.05, 3.63) is 76.4 Å². The molecule has 0 aliphatic rings. The van der Waals surface area contributed by atoms with Gasteiger partial charge in [0, 0.05) is 6.08 Å². The van der Waals surface area contributed by atoms with Crippen LogP contribution >= 0.6 is 0 Å². The second kappa shape index (κ2) is 7.69. The van der Waals surface area contributed by atoms with E-state index in [1.54, 1.807) is 6.08 Å². The van der Waals surface area contributed by atoms with Crippen LogP contribution in [0.25, 0.3) is 6.08 Å². The molecule has 1 N–H and O–H groups in total. The van der Waals surface area contributed by atoms with Crippen LogP contribution in [0.3, 0.4) is 0 Å². The van der Waals surface area contributed by atoms with E-state index >= 15 is 0 Å². The van der Waals surface area contributed by atoms with Gasteiger partial charge in [0.15, 0.2) is 0 Å². The molecule has 2 nitrogen and oxygen atoms in total. The smallest absolute Gasteiger partial charge is 0.244 e. The van der Waals surface area contributed by atoms with Gasteiger partial charge in [-0.3, -0.25) is 4.79 Å². The first-order valence-electron chi connectivity index (χ1n) is 8.83. The predicted octanol–water partition coefficient (Wildman–Crippen LogP) is 5.49. The number of aryl methyl sites for hydroxylation is 2. The first kappa shape index (κ1) is 19.0. The fourth-order valence-corrected chi connectivity index (χ4v) is 2.83. The molecule has 0 unspecified atom stereocenters. The van der Waals surface area contributed by atoms with Crippen molar-refractivity contribution in [3.8, 4) is 0 Å². The zero-order valence-corrected chi connectivity index (χ0v) is 16.2. The monoisotopic (exact) mass is 335 g/mol. The molecule has 0 saturated carbocycles. The second-order valence-corrected chi connectivity index (χ2v) is 7.80. The van der Waals surface area contributed by atoms with Gasteiger partial charge in [-0.2, -0.15) is 0 Å². The van der Waals surface area contributed by atoms with E-state index in [2.05, 4.69) is 82.4 Å². The summed E-state index contributed by atoms with van der Waals surface area (Å²) in [6.45, 7) is 12.7. The molecule has 0 bridgehead atoms. The fourth-order valence-electron chi connectivity index (χ4n) is 2.83. The van der Waals surface area contributed by atoms with Crippen LogP contribution in [0.15, 0.2) is 48.5 Å². The lowest BCUT2D eigenvalue weighted by atomic mass is 9.87. The highest BCUT2D eigenvalue weighted by Gasteiger charge is 2.13.